The van der Waals surface area contributed by atoms with E-state index in [0.717, 1.165) is 25.7 Å². The van der Waals surface area contributed by atoms with E-state index in [1.165, 1.54) is 27.8 Å². The summed E-state index contributed by atoms with van der Waals surface area (Å²) < 4.78 is 0. The van der Waals surface area contributed by atoms with Gasteiger partial charge in [-0.2, -0.15) is 0 Å². The predicted molar refractivity (Wildman–Crippen MR) is 98.9 cm³/mol. The van der Waals surface area contributed by atoms with Crippen molar-refractivity contribution < 1.29 is 0 Å². The highest BCUT2D eigenvalue weighted by molar-refractivity contribution is 5.36. The molecule has 0 heterocycles. The topological polar surface area (TPSA) is 0 Å². The van der Waals surface area contributed by atoms with Crippen LogP contribution >= 0.6 is 0 Å². The first-order chi connectivity index (χ1) is 11.3. The molecule has 0 atom stereocenters. The number of rotatable bonds is 6. The van der Waals surface area contributed by atoms with Crippen LogP contribution in [0.15, 0.2) is 78.9 Å². The van der Waals surface area contributed by atoms with E-state index in [0.29, 0.717) is 0 Å². The van der Waals surface area contributed by atoms with Gasteiger partial charge in [-0.05, 0) is 60.4 Å². The van der Waals surface area contributed by atoms with Crippen molar-refractivity contribution >= 4 is 0 Å². The fraction of sp³-hybridized carbons (Fsp3) is 0.217. The van der Waals surface area contributed by atoms with Crippen molar-refractivity contribution in [1.29, 1.82) is 0 Å². The molecule has 0 saturated carbocycles. The standard InChI is InChI=1S/C23H24/c1-19-9-8-14-22(17-15-20-10-4-2-5-11-20)23(19)18-16-21-12-6-3-7-13-21/h2-14H,15-18H2,1H3. The van der Waals surface area contributed by atoms with E-state index in [2.05, 4.69) is 85.8 Å². The Morgan fingerprint density at radius 2 is 1.09 bits per heavy atom. The minimum absolute atomic E-state index is 1.11. The van der Waals surface area contributed by atoms with Crippen LogP contribution in [0.3, 0.4) is 0 Å². The molecule has 0 heteroatoms. The van der Waals surface area contributed by atoms with Gasteiger partial charge in [0, 0.05) is 0 Å². The molecule has 0 N–H and O–H groups in total. The lowest BCUT2D eigenvalue weighted by Crippen LogP contribution is -2.02. The van der Waals surface area contributed by atoms with E-state index in [1.807, 2.05) is 0 Å². The molecular formula is C23H24. The maximum absolute atomic E-state index is 2.30. The second-order valence-corrected chi connectivity index (χ2v) is 6.18. The molecule has 3 aromatic carbocycles. The van der Waals surface area contributed by atoms with Crippen molar-refractivity contribution in [2.75, 3.05) is 0 Å². The van der Waals surface area contributed by atoms with Gasteiger partial charge in [-0.25, -0.2) is 0 Å². The summed E-state index contributed by atoms with van der Waals surface area (Å²) in [5, 5.41) is 0. The third kappa shape index (κ3) is 4.32. The van der Waals surface area contributed by atoms with Crippen molar-refractivity contribution in [3.8, 4) is 0 Å². The smallest absolute Gasteiger partial charge is 0.0233 e. The molecule has 0 unspecified atom stereocenters. The van der Waals surface area contributed by atoms with Crippen LogP contribution in [0, 0.1) is 6.92 Å². The number of hydrogen-bond acceptors (Lipinski definition) is 0. The molecule has 0 nitrogen and oxygen atoms in total. The van der Waals surface area contributed by atoms with E-state index in [9.17, 15) is 0 Å². The molecule has 0 amide bonds. The van der Waals surface area contributed by atoms with Gasteiger partial charge >= 0.3 is 0 Å². The highest BCUT2D eigenvalue weighted by Gasteiger charge is 2.06. The number of aryl methyl sites for hydroxylation is 4. The minimum Gasteiger partial charge on any atom is -0.0622 e. The van der Waals surface area contributed by atoms with Crippen LogP contribution < -0.4 is 0 Å². The van der Waals surface area contributed by atoms with Crippen LogP contribution in [0.25, 0.3) is 0 Å². The van der Waals surface area contributed by atoms with Crippen molar-refractivity contribution in [1.82, 2.24) is 0 Å². The Bertz CT molecular complexity index is 727. The molecule has 3 aromatic rings. The Morgan fingerprint density at radius 1 is 0.522 bits per heavy atom. The van der Waals surface area contributed by atoms with E-state index >= 15 is 0 Å². The Balaban J connectivity index is 1.71. The molecule has 3 rings (SSSR count). The van der Waals surface area contributed by atoms with Gasteiger partial charge in [0.1, 0.15) is 0 Å². The summed E-state index contributed by atoms with van der Waals surface area (Å²) in [6.07, 6.45) is 4.48. The molecule has 0 saturated heterocycles. The van der Waals surface area contributed by atoms with Gasteiger partial charge in [-0.3, -0.25) is 0 Å². The summed E-state index contributed by atoms with van der Waals surface area (Å²) in [5.41, 5.74) is 7.30. The normalized spacial score (nSPS) is 10.7. The summed E-state index contributed by atoms with van der Waals surface area (Å²) in [5.74, 6) is 0. The third-order valence-corrected chi connectivity index (χ3v) is 4.54. The van der Waals surface area contributed by atoms with Gasteiger partial charge in [0.15, 0.2) is 0 Å². The Hall–Kier alpha value is -2.34. The van der Waals surface area contributed by atoms with Gasteiger partial charge in [-0.1, -0.05) is 78.9 Å². The highest BCUT2D eigenvalue weighted by Crippen LogP contribution is 2.19. The lowest BCUT2D eigenvalue weighted by atomic mass is 9.92. The van der Waals surface area contributed by atoms with Gasteiger partial charge < -0.3 is 0 Å². The SMILES string of the molecule is Cc1cccc(CCc2ccccc2)c1CCc1ccccc1. The van der Waals surface area contributed by atoms with Crippen LogP contribution in [-0.4, -0.2) is 0 Å². The van der Waals surface area contributed by atoms with Gasteiger partial charge in [-0.15, -0.1) is 0 Å². The summed E-state index contributed by atoms with van der Waals surface area (Å²) in [7, 11) is 0. The van der Waals surface area contributed by atoms with E-state index in [-0.39, 0.29) is 0 Å². The zero-order valence-electron chi connectivity index (χ0n) is 13.8. The quantitative estimate of drug-likeness (QED) is 0.558. The van der Waals surface area contributed by atoms with Crippen LogP contribution in [0.5, 0.6) is 0 Å². The average molecular weight is 300 g/mol. The van der Waals surface area contributed by atoms with Crippen molar-refractivity contribution in [2.45, 2.75) is 32.6 Å². The fourth-order valence-electron chi connectivity index (χ4n) is 3.19. The summed E-state index contributed by atoms with van der Waals surface area (Å²) in [6.45, 7) is 2.24. The molecule has 0 aliphatic heterocycles. The molecule has 0 radical (unpaired) electrons. The molecule has 0 aromatic heterocycles. The molecular weight excluding hydrogens is 276 g/mol. The molecule has 0 spiro atoms. The Morgan fingerprint density at radius 3 is 1.70 bits per heavy atom. The first kappa shape index (κ1) is 15.6. The average Bonchev–Trinajstić information content (AvgIpc) is 2.61. The van der Waals surface area contributed by atoms with Crippen LogP contribution in [0.2, 0.25) is 0 Å². The van der Waals surface area contributed by atoms with Gasteiger partial charge in [0.25, 0.3) is 0 Å². The van der Waals surface area contributed by atoms with Crippen molar-refractivity contribution in [3.63, 3.8) is 0 Å². The van der Waals surface area contributed by atoms with Crippen molar-refractivity contribution in [2.24, 2.45) is 0 Å². The van der Waals surface area contributed by atoms with E-state index in [4.69, 9.17) is 0 Å². The molecule has 23 heavy (non-hydrogen) atoms. The molecule has 116 valence electrons. The lowest BCUT2D eigenvalue weighted by molar-refractivity contribution is 0.885. The lowest BCUT2D eigenvalue weighted by Gasteiger charge is -2.13. The largest absolute Gasteiger partial charge is 0.0622 e. The van der Waals surface area contributed by atoms with Crippen LogP contribution in [-0.2, 0) is 25.7 Å². The Kier molecular flexibility index (Phi) is 5.26. The summed E-state index contributed by atoms with van der Waals surface area (Å²) in [4.78, 5) is 0. The van der Waals surface area contributed by atoms with E-state index < -0.39 is 0 Å². The van der Waals surface area contributed by atoms with E-state index in [1.54, 1.807) is 0 Å². The summed E-state index contributed by atoms with van der Waals surface area (Å²) in [6, 6.07) is 28.3. The maximum atomic E-state index is 2.30. The molecule has 0 aliphatic rings. The van der Waals surface area contributed by atoms with Crippen LogP contribution in [0.4, 0.5) is 0 Å². The second-order valence-electron chi connectivity index (χ2n) is 6.18. The number of benzene rings is 3. The Labute approximate surface area is 139 Å². The number of hydrogen-bond donors (Lipinski definition) is 0. The molecule has 0 fully saturated rings. The third-order valence-electron chi connectivity index (χ3n) is 4.54. The fourth-order valence-corrected chi connectivity index (χ4v) is 3.19. The van der Waals surface area contributed by atoms with Gasteiger partial charge in [0.2, 0.25) is 0 Å². The first-order valence-electron chi connectivity index (χ1n) is 8.48. The van der Waals surface area contributed by atoms with Crippen LogP contribution in [0.1, 0.15) is 27.8 Å². The zero-order valence-corrected chi connectivity index (χ0v) is 13.8. The summed E-state index contributed by atoms with van der Waals surface area (Å²) >= 11 is 0. The molecule has 0 bridgehead atoms. The minimum atomic E-state index is 1.11. The highest BCUT2D eigenvalue weighted by atomic mass is 14.1. The second kappa shape index (κ2) is 7.78. The zero-order chi connectivity index (χ0) is 15.9. The first-order valence-corrected chi connectivity index (χ1v) is 8.48. The predicted octanol–water partition coefficient (Wildman–Crippen LogP) is 5.57. The monoisotopic (exact) mass is 300 g/mol. The maximum Gasteiger partial charge on any atom is -0.0233 e. The van der Waals surface area contributed by atoms with Gasteiger partial charge in [0.05, 0.1) is 0 Å². The van der Waals surface area contributed by atoms with Crippen molar-refractivity contribution in [3.05, 3.63) is 107 Å². The molecule has 0 aliphatic carbocycles.